The van der Waals surface area contributed by atoms with Crippen molar-refractivity contribution in [2.24, 2.45) is 0 Å². The predicted molar refractivity (Wildman–Crippen MR) is 105 cm³/mol. The Morgan fingerprint density at radius 3 is 2.77 bits per heavy atom. The normalized spacial score (nSPS) is 13.2. The number of anilines is 3. The summed E-state index contributed by atoms with van der Waals surface area (Å²) in [6, 6.07) is 19.9. The first-order valence-corrected chi connectivity index (χ1v) is 8.90. The van der Waals surface area contributed by atoms with Crippen LogP contribution in [0.5, 0.6) is 0 Å². The lowest BCUT2D eigenvalue weighted by Gasteiger charge is -2.31. The van der Waals surface area contributed by atoms with Crippen LogP contribution in [0.4, 0.5) is 17.2 Å². The Labute approximate surface area is 153 Å². The summed E-state index contributed by atoms with van der Waals surface area (Å²) in [6.07, 6.45) is 4.07. The molecule has 1 aliphatic heterocycles. The highest BCUT2D eigenvalue weighted by atomic mass is 16.1. The van der Waals surface area contributed by atoms with Crippen LogP contribution < -0.4 is 10.2 Å². The molecule has 1 amide bonds. The molecule has 0 aliphatic carbocycles. The van der Waals surface area contributed by atoms with Crippen molar-refractivity contribution < 1.29 is 4.79 Å². The number of benzene rings is 2. The molecule has 1 N–H and O–H groups in total. The number of aromatic nitrogens is 1. The Balaban J connectivity index is 1.52. The van der Waals surface area contributed by atoms with Crippen molar-refractivity contribution in [3.05, 3.63) is 83.6 Å². The number of aryl methyl sites for hydroxylation is 2. The van der Waals surface area contributed by atoms with Crippen LogP contribution in [0.1, 0.15) is 27.9 Å². The molecule has 26 heavy (non-hydrogen) atoms. The van der Waals surface area contributed by atoms with Gasteiger partial charge in [0.25, 0.3) is 5.91 Å². The highest BCUT2D eigenvalue weighted by Crippen LogP contribution is 2.33. The van der Waals surface area contributed by atoms with Gasteiger partial charge in [-0.3, -0.25) is 4.79 Å². The standard InChI is InChI=1S/C22H21N3O/c1-16-6-4-8-18(14-16)22(26)24-21-12-11-19(15-23-21)25-13-5-9-17-7-2-3-10-20(17)25/h2-4,6-8,10-12,14-15H,5,9,13H2,1H3,(H,23,24,26). The largest absolute Gasteiger partial charge is 0.340 e. The fraction of sp³-hybridized carbons (Fsp3) is 0.182. The summed E-state index contributed by atoms with van der Waals surface area (Å²) in [5.74, 6) is 0.419. The van der Waals surface area contributed by atoms with Crippen molar-refractivity contribution in [3.63, 3.8) is 0 Å². The van der Waals surface area contributed by atoms with E-state index in [-0.39, 0.29) is 5.91 Å². The molecule has 2 heterocycles. The second-order valence-corrected chi connectivity index (χ2v) is 6.61. The lowest BCUT2D eigenvalue weighted by atomic mass is 10.0. The van der Waals surface area contributed by atoms with Gasteiger partial charge in [-0.05, 0) is 55.7 Å². The molecule has 4 rings (SSSR count). The predicted octanol–water partition coefficient (Wildman–Crippen LogP) is 4.73. The molecule has 4 nitrogen and oxygen atoms in total. The van der Waals surface area contributed by atoms with Gasteiger partial charge in [0, 0.05) is 17.8 Å². The summed E-state index contributed by atoms with van der Waals surface area (Å²) in [6.45, 7) is 2.95. The molecule has 4 heteroatoms. The van der Waals surface area contributed by atoms with Gasteiger partial charge < -0.3 is 10.2 Å². The van der Waals surface area contributed by atoms with Crippen LogP contribution in [0.2, 0.25) is 0 Å². The quantitative estimate of drug-likeness (QED) is 0.748. The molecule has 0 unspecified atom stereocenters. The first-order chi connectivity index (χ1) is 12.7. The van der Waals surface area contributed by atoms with E-state index in [1.165, 1.54) is 11.3 Å². The Kier molecular flexibility index (Phi) is 4.40. The Hall–Kier alpha value is -3.14. The van der Waals surface area contributed by atoms with Crippen LogP contribution in [-0.2, 0) is 6.42 Å². The molecule has 1 aliphatic rings. The van der Waals surface area contributed by atoms with Crippen molar-refractivity contribution in [1.29, 1.82) is 0 Å². The molecule has 0 fully saturated rings. The Morgan fingerprint density at radius 1 is 1.08 bits per heavy atom. The minimum Gasteiger partial charge on any atom is -0.340 e. The molecular weight excluding hydrogens is 322 g/mol. The minimum absolute atomic E-state index is 0.141. The smallest absolute Gasteiger partial charge is 0.256 e. The summed E-state index contributed by atoms with van der Waals surface area (Å²) in [4.78, 5) is 19.1. The topological polar surface area (TPSA) is 45.2 Å². The summed E-state index contributed by atoms with van der Waals surface area (Å²) >= 11 is 0. The Morgan fingerprint density at radius 2 is 1.96 bits per heavy atom. The van der Waals surface area contributed by atoms with Crippen molar-refractivity contribution >= 4 is 23.1 Å². The van der Waals surface area contributed by atoms with Gasteiger partial charge in [0.2, 0.25) is 0 Å². The number of amides is 1. The number of nitrogens with zero attached hydrogens (tertiary/aromatic N) is 2. The number of hydrogen-bond acceptors (Lipinski definition) is 3. The van der Waals surface area contributed by atoms with E-state index < -0.39 is 0 Å². The lowest BCUT2D eigenvalue weighted by molar-refractivity contribution is 0.102. The number of nitrogens with one attached hydrogen (secondary N) is 1. The van der Waals surface area contributed by atoms with Crippen molar-refractivity contribution in [3.8, 4) is 0 Å². The van der Waals surface area contributed by atoms with Gasteiger partial charge in [-0.2, -0.15) is 0 Å². The maximum atomic E-state index is 12.4. The van der Waals surface area contributed by atoms with E-state index in [4.69, 9.17) is 0 Å². The van der Waals surface area contributed by atoms with E-state index in [1.54, 1.807) is 6.07 Å². The average Bonchev–Trinajstić information content (AvgIpc) is 2.68. The summed E-state index contributed by atoms with van der Waals surface area (Å²) < 4.78 is 0. The summed E-state index contributed by atoms with van der Waals surface area (Å²) in [5, 5.41) is 2.87. The first kappa shape index (κ1) is 16.3. The van der Waals surface area contributed by atoms with Crippen LogP contribution in [0.25, 0.3) is 0 Å². The molecule has 0 spiro atoms. The van der Waals surface area contributed by atoms with E-state index in [2.05, 4.69) is 39.5 Å². The van der Waals surface area contributed by atoms with Crippen molar-refractivity contribution in [2.45, 2.75) is 19.8 Å². The molecule has 0 bridgehead atoms. The van der Waals surface area contributed by atoms with Gasteiger partial charge in [-0.15, -0.1) is 0 Å². The van der Waals surface area contributed by atoms with E-state index >= 15 is 0 Å². The average molecular weight is 343 g/mol. The van der Waals surface area contributed by atoms with E-state index in [0.29, 0.717) is 11.4 Å². The van der Waals surface area contributed by atoms with Crippen LogP contribution in [-0.4, -0.2) is 17.4 Å². The maximum Gasteiger partial charge on any atom is 0.256 e. The maximum absolute atomic E-state index is 12.4. The third-order valence-electron chi connectivity index (χ3n) is 4.69. The van der Waals surface area contributed by atoms with Gasteiger partial charge in [0.1, 0.15) is 5.82 Å². The molecule has 3 aromatic rings. The van der Waals surface area contributed by atoms with Gasteiger partial charge in [-0.1, -0.05) is 35.9 Å². The number of fused-ring (bicyclic) bond motifs is 1. The molecule has 0 radical (unpaired) electrons. The number of rotatable bonds is 3. The lowest BCUT2D eigenvalue weighted by Crippen LogP contribution is -2.24. The first-order valence-electron chi connectivity index (χ1n) is 8.90. The van der Waals surface area contributed by atoms with Gasteiger partial charge in [0.15, 0.2) is 0 Å². The number of carbonyl (C=O) groups is 1. The molecule has 0 saturated heterocycles. The minimum atomic E-state index is -0.141. The number of carbonyl (C=O) groups excluding carboxylic acids is 1. The zero-order valence-electron chi connectivity index (χ0n) is 14.8. The van der Waals surface area contributed by atoms with Crippen LogP contribution in [0.3, 0.4) is 0 Å². The van der Waals surface area contributed by atoms with E-state index in [1.807, 2.05) is 43.5 Å². The highest BCUT2D eigenvalue weighted by Gasteiger charge is 2.18. The SMILES string of the molecule is Cc1cccc(C(=O)Nc2ccc(N3CCCc4ccccc43)cn2)c1. The van der Waals surface area contributed by atoms with Crippen LogP contribution >= 0.6 is 0 Å². The van der Waals surface area contributed by atoms with E-state index in [9.17, 15) is 4.79 Å². The van der Waals surface area contributed by atoms with Gasteiger partial charge in [-0.25, -0.2) is 4.98 Å². The molecular formula is C22H21N3O. The monoisotopic (exact) mass is 343 g/mol. The van der Waals surface area contributed by atoms with Crippen LogP contribution in [0, 0.1) is 6.92 Å². The summed E-state index contributed by atoms with van der Waals surface area (Å²) in [5.41, 5.74) is 5.36. The van der Waals surface area contributed by atoms with Crippen molar-refractivity contribution in [1.82, 2.24) is 4.98 Å². The van der Waals surface area contributed by atoms with Gasteiger partial charge in [0.05, 0.1) is 11.9 Å². The third-order valence-corrected chi connectivity index (χ3v) is 4.69. The number of hydrogen-bond donors (Lipinski definition) is 1. The zero-order chi connectivity index (χ0) is 17.9. The second-order valence-electron chi connectivity index (χ2n) is 6.61. The number of para-hydroxylation sites is 1. The fourth-order valence-electron chi connectivity index (χ4n) is 3.40. The Bertz CT molecular complexity index is 934. The van der Waals surface area contributed by atoms with Crippen LogP contribution in [0.15, 0.2) is 66.9 Å². The number of pyridine rings is 1. The third kappa shape index (κ3) is 3.31. The second kappa shape index (κ2) is 7.00. The molecule has 1 aromatic heterocycles. The fourth-order valence-corrected chi connectivity index (χ4v) is 3.40. The molecule has 0 saturated carbocycles. The van der Waals surface area contributed by atoms with Gasteiger partial charge >= 0.3 is 0 Å². The molecule has 2 aromatic carbocycles. The summed E-state index contributed by atoms with van der Waals surface area (Å²) in [7, 11) is 0. The zero-order valence-corrected chi connectivity index (χ0v) is 14.8. The molecule has 130 valence electrons. The highest BCUT2D eigenvalue weighted by molar-refractivity contribution is 6.03. The van der Waals surface area contributed by atoms with E-state index in [0.717, 1.165) is 30.6 Å². The molecule has 0 atom stereocenters. The van der Waals surface area contributed by atoms with Crippen molar-refractivity contribution in [2.75, 3.05) is 16.8 Å².